The lowest BCUT2D eigenvalue weighted by molar-refractivity contribution is 0.0193. The first-order valence-electron chi connectivity index (χ1n) is 6.01. The Morgan fingerprint density at radius 1 is 1.27 bits per heavy atom. The van der Waals surface area contributed by atoms with Crippen LogP contribution < -0.4 is 0 Å². The number of halogens is 1. The predicted molar refractivity (Wildman–Crippen MR) is 66.3 cm³/mol. The van der Waals surface area contributed by atoms with Crippen LogP contribution in [-0.2, 0) is 0 Å². The molecule has 2 unspecified atom stereocenters. The van der Waals surface area contributed by atoms with E-state index in [9.17, 15) is 5.11 Å². The van der Waals surface area contributed by atoms with Crippen LogP contribution in [0.5, 0.6) is 0 Å². The van der Waals surface area contributed by atoms with Gasteiger partial charge in [0.1, 0.15) is 0 Å². The molecule has 15 heavy (non-hydrogen) atoms. The van der Waals surface area contributed by atoms with E-state index >= 15 is 0 Å². The lowest BCUT2D eigenvalue weighted by Crippen LogP contribution is -2.48. The van der Waals surface area contributed by atoms with Crippen molar-refractivity contribution in [2.45, 2.75) is 57.7 Å². The minimum Gasteiger partial charge on any atom is -0.393 e. The molecular formula is C12H22BrNO. The molecule has 0 radical (unpaired) electrons. The van der Waals surface area contributed by atoms with Crippen molar-refractivity contribution in [2.75, 3.05) is 11.9 Å². The van der Waals surface area contributed by atoms with Crippen molar-refractivity contribution in [3.05, 3.63) is 0 Å². The van der Waals surface area contributed by atoms with Crippen molar-refractivity contribution in [1.29, 1.82) is 0 Å². The van der Waals surface area contributed by atoms with Crippen LogP contribution >= 0.6 is 15.9 Å². The Bertz CT molecular complexity index is 218. The van der Waals surface area contributed by atoms with Crippen LogP contribution in [0.25, 0.3) is 0 Å². The summed E-state index contributed by atoms with van der Waals surface area (Å²) in [6.45, 7) is 5.79. The van der Waals surface area contributed by atoms with E-state index < -0.39 is 0 Å². The summed E-state index contributed by atoms with van der Waals surface area (Å²) in [5, 5.41) is 10.8. The molecular weight excluding hydrogens is 254 g/mol. The summed E-state index contributed by atoms with van der Waals surface area (Å²) in [6, 6.07) is 1.30. The molecule has 2 aliphatic heterocycles. The first-order valence-corrected chi connectivity index (χ1v) is 7.14. The van der Waals surface area contributed by atoms with Crippen molar-refractivity contribution in [3.8, 4) is 0 Å². The van der Waals surface area contributed by atoms with Gasteiger partial charge in [0.15, 0.2) is 0 Å². The number of aliphatic hydroxyl groups excluding tert-OH is 1. The number of nitrogens with zero attached hydrogens (tertiary/aromatic N) is 1. The van der Waals surface area contributed by atoms with E-state index in [0.29, 0.717) is 17.5 Å². The Morgan fingerprint density at radius 2 is 1.80 bits per heavy atom. The molecule has 0 aromatic heterocycles. The van der Waals surface area contributed by atoms with Gasteiger partial charge in [-0.05, 0) is 31.1 Å². The Kier molecular flexibility index (Phi) is 3.44. The molecule has 2 rings (SSSR count). The number of piperidine rings is 1. The second-order valence-electron chi connectivity index (χ2n) is 5.98. The smallest absolute Gasteiger partial charge is 0.0570 e. The fraction of sp³-hybridized carbons (Fsp3) is 1.00. The standard InChI is InChI=1S/C12H22BrNO/c1-12(2,7-13)8-14-9-3-4-10(14)6-11(15)5-9/h9-11,15H,3-8H2,1-2H3. The fourth-order valence-corrected chi connectivity index (χ4v) is 3.22. The molecule has 0 aliphatic carbocycles. The van der Waals surface area contributed by atoms with E-state index in [-0.39, 0.29) is 6.10 Å². The van der Waals surface area contributed by atoms with Gasteiger partial charge in [-0.1, -0.05) is 29.8 Å². The van der Waals surface area contributed by atoms with Crippen LogP contribution in [0.2, 0.25) is 0 Å². The molecule has 2 saturated heterocycles. The molecule has 1 N–H and O–H groups in total. The van der Waals surface area contributed by atoms with Gasteiger partial charge in [0.2, 0.25) is 0 Å². The molecule has 2 atom stereocenters. The van der Waals surface area contributed by atoms with Crippen molar-refractivity contribution < 1.29 is 5.11 Å². The zero-order valence-electron chi connectivity index (χ0n) is 9.75. The van der Waals surface area contributed by atoms with E-state index in [1.54, 1.807) is 0 Å². The fourth-order valence-electron chi connectivity index (χ4n) is 3.04. The molecule has 2 heterocycles. The molecule has 0 spiro atoms. The number of fused-ring (bicyclic) bond motifs is 2. The minimum absolute atomic E-state index is 0.0363. The van der Waals surface area contributed by atoms with E-state index in [4.69, 9.17) is 0 Å². The molecule has 2 bridgehead atoms. The largest absolute Gasteiger partial charge is 0.393 e. The van der Waals surface area contributed by atoms with Crippen molar-refractivity contribution in [3.63, 3.8) is 0 Å². The third-order valence-corrected chi connectivity index (χ3v) is 5.35. The van der Waals surface area contributed by atoms with Crippen LogP contribution in [0.4, 0.5) is 0 Å². The van der Waals surface area contributed by atoms with Gasteiger partial charge in [-0.3, -0.25) is 4.90 Å². The molecule has 0 amide bonds. The summed E-state index contributed by atoms with van der Waals surface area (Å²) in [5.74, 6) is 0. The van der Waals surface area contributed by atoms with Gasteiger partial charge in [-0.25, -0.2) is 0 Å². The van der Waals surface area contributed by atoms with Crippen LogP contribution in [0.3, 0.4) is 0 Å². The normalized spacial score (nSPS) is 37.2. The number of alkyl halides is 1. The lowest BCUT2D eigenvalue weighted by atomic mass is 9.92. The summed E-state index contributed by atoms with van der Waals surface area (Å²) >= 11 is 3.59. The lowest BCUT2D eigenvalue weighted by Gasteiger charge is -2.41. The predicted octanol–water partition coefficient (Wildman–Crippen LogP) is 2.40. The highest BCUT2D eigenvalue weighted by Gasteiger charge is 2.41. The molecule has 0 aromatic rings. The highest BCUT2D eigenvalue weighted by Crippen LogP contribution is 2.38. The summed E-state index contributed by atoms with van der Waals surface area (Å²) in [5.41, 5.74) is 0.350. The first-order chi connectivity index (χ1) is 7.02. The SMILES string of the molecule is CC(C)(CBr)CN1C2CCC1CC(O)C2. The Labute approximate surface area is 101 Å². The maximum atomic E-state index is 9.73. The Hall–Kier alpha value is 0.400. The highest BCUT2D eigenvalue weighted by molar-refractivity contribution is 9.09. The van der Waals surface area contributed by atoms with Crippen LogP contribution in [0.1, 0.15) is 39.5 Å². The minimum atomic E-state index is -0.0363. The van der Waals surface area contributed by atoms with E-state index in [0.717, 1.165) is 18.2 Å². The first kappa shape index (κ1) is 11.9. The summed E-state index contributed by atoms with van der Waals surface area (Å²) < 4.78 is 0. The molecule has 0 saturated carbocycles. The zero-order valence-corrected chi connectivity index (χ0v) is 11.3. The Morgan fingerprint density at radius 3 is 2.27 bits per heavy atom. The number of hydrogen-bond donors (Lipinski definition) is 1. The molecule has 2 fully saturated rings. The van der Waals surface area contributed by atoms with E-state index in [1.807, 2.05) is 0 Å². The van der Waals surface area contributed by atoms with Crippen LogP contribution in [-0.4, -0.2) is 40.1 Å². The van der Waals surface area contributed by atoms with Gasteiger partial charge in [-0.15, -0.1) is 0 Å². The second-order valence-corrected chi connectivity index (χ2v) is 6.54. The molecule has 2 aliphatic rings. The van der Waals surface area contributed by atoms with Gasteiger partial charge in [0.05, 0.1) is 6.10 Å². The average molecular weight is 276 g/mol. The third kappa shape index (κ3) is 2.56. The molecule has 3 heteroatoms. The second kappa shape index (κ2) is 4.34. The van der Waals surface area contributed by atoms with Gasteiger partial charge in [-0.2, -0.15) is 0 Å². The third-order valence-electron chi connectivity index (χ3n) is 3.83. The number of hydrogen-bond acceptors (Lipinski definition) is 2. The topological polar surface area (TPSA) is 23.5 Å². The van der Waals surface area contributed by atoms with E-state index in [1.165, 1.54) is 19.4 Å². The molecule has 0 aromatic carbocycles. The number of aliphatic hydroxyl groups is 1. The van der Waals surface area contributed by atoms with Crippen molar-refractivity contribution in [1.82, 2.24) is 4.90 Å². The maximum Gasteiger partial charge on any atom is 0.0570 e. The molecule has 2 nitrogen and oxygen atoms in total. The van der Waals surface area contributed by atoms with Gasteiger partial charge in [0.25, 0.3) is 0 Å². The average Bonchev–Trinajstić information content (AvgIpc) is 2.42. The zero-order chi connectivity index (χ0) is 11.1. The summed E-state index contributed by atoms with van der Waals surface area (Å²) in [4.78, 5) is 2.65. The summed E-state index contributed by atoms with van der Waals surface area (Å²) in [7, 11) is 0. The number of rotatable bonds is 3. The van der Waals surface area contributed by atoms with Gasteiger partial charge >= 0.3 is 0 Å². The monoisotopic (exact) mass is 275 g/mol. The summed E-state index contributed by atoms with van der Waals surface area (Å²) in [6.07, 6.45) is 4.54. The Balaban J connectivity index is 1.99. The highest BCUT2D eigenvalue weighted by atomic mass is 79.9. The van der Waals surface area contributed by atoms with Gasteiger partial charge in [0, 0.05) is 24.0 Å². The van der Waals surface area contributed by atoms with Crippen molar-refractivity contribution >= 4 is 15.9 Å². The van der Waals surface area contributed by atoms with E-state index in [2.05, 4.69) is 34.7 Å². The van der Waals surface area contributed by atoms with Gasteiger partial charge < -0.3 is 5.11 Å². The van der Waals surface area contributed by atoms with Crippen molar-refractivity contribution in [2.24, 2.45) is 5.41 Å². The maximum absolute atomic E-state index is 9.73. The van der Waals surface area contributed by atoms with Crippen LogP contribution in [0.15, 0.2) is 0 Å². The quantitative estimate of drug-likeness (QED) is 0.800. The molecule has 88 valence electrons. The van der Waals surface area contributed by atoms with Crippen LogP contribution in [0, 0.1) is 5.41 Å².